The molecule has 0 amide bonds. The molecule has 0 unspecified atom stereocenters. The Bertz CT molecular complexity index is 1370. The average Bonchev–Trinajstić information content (AvgIpc) is 3.61. The van der Waals surface area contributed by atoms with Crippen molar-refractivity contribution in [2.45, 2.75) is 31.5 Å². The van der Waals surface area contributed by atoms with Gasteiger partial charge in [-0.05, 0) is 43.2 Å². The van der Waals surface area contributed by atoms with Gasteiger partial charge in [0.15, 0.2) is 11.1 Å². The Labute approximate surface area is 208 Å². The molecule has 0 radical (unpaired) electrons. The summed E-state index contributed by atoms with van der Waals surface area (Å²) in [5, 5.41) is 17.0. The number of alkyl halides is 3. The monoisotopic (exact) mass is 513 g/mol. The van der Waals surface area contributed by atoms with Crippen LogP contribution in [0.15, 0.2) is 58.4 Å². The van der Waals surface area contributed by atoms with Gasteiger partial charge in [-0.15, -0.1) is 11.3 Å². The van der Waals surface area contributed by atoms with Crippen molar-refractivity contribution >= 4 is 28.1 Å². The van der Waals surface area contributed by atoms with Gasteiger partial charge in [0.2, 0.25) is 11.7 Å². The van der Waals surface area contributed by atoms with Crippen LogP contribution in [0.1, 0.15) is 24.3 Å². The van der Waals surface area contributed by atoms with Gasteiger partial charge < -0.3 is 20.5 Å². The second-order valence-electron chi connectivity index (χ2n) is 8.37. The number of halogens is 3. The first-order valence-corrected chi connectivity index (χ1v) is 12.1. The highest BCUT2D eigenvalue weighted by Crippen LogP contribution is 2.38. The molecule has 2 aromatic heterocycles. The number of nitrogens with two attached hydrogens (primary N) is 1. The first-order valence-electron chi connectivity index (χ1n) is 11.2. The zero-order valence-corrected chi connectivity index (χ0v) is 19.7. The number of anilines is 2. The third-order valence-corrected chi connectivity index (χ3v) is 6.73. The molecule has 36 heavy (non-hydrogen) atoms. The molecule has 1 aliphatic heterocycles. The Morgan fingerprint density at radius 3 is 2.69 bits per heavy atom. The van der Waals surface area contributed by atoms with Crippen LogP contribution in [0, 0.1) is 5.41 Å². The molecule has 3 heterocycles. The lowest BCUT2D eigenvalue weighted by molar-refractivity contribution is -0.137. The van der Waals surface area contributed by atoms with Gasteiger partial charge in [0.25, 0.3) is 0 Å². The van der Waals surface area contributed by atoms with Crippen molar-refractivity contribution in [2.24, 2.45) is 5.73 Å². The fourth-order valence-corrected chi connectivity index (χ4v) is 4.99. The summed E-state index contributed by atoms with van der Waals surface area (Å²) < 4.78 is 45.4. The van der Waals surface area contributed by atoms with Crippen LogP contribution < -0.4 is 11.1 Å². The summed E-state index contributed by atoms with van der Waals surface area (Å²) in [4.78, 5) is 10.7. The Morgan fingerprint density at radius 2 is 1.94 bits per heavy atom. The van der Waals surface area contributed by atoms with Gasteiger partial charge >= 0.3 is 6.18 Å². The molecule has 186 valence electrons. The lowest BCUT2D eigenvalue weighted by Crippen LogP contribution is -2.41. The quantitative estimate of drug-likeness (QED) is 0.229. The topological polar surface area (TPSA) is 117 Å². The molecule has 1 saturated heterocycles. The summed E-state index contributed by atoms with van der Waals surface area (Å²) >= 11 is 1.22. The van der Waals surface area contributed by atoms with Crippen molar-refractivity contribution in [1.82, 2.24) is 20.0 Å². The van der Waals surface area contributed by atoms with Crippen LogP contribution in [0.4, 0.5) is 24.0 Å². The van der Waals surface area contributed by atoms with Crippen molar-refractivity contribution in [2.75, 3.05) is 11.9 Å². The Morgan fingerprint density at radius 1 is 1.17 bits per heavy atom. The highest BCUT2D eigenvalue weighted by molar-refractivity contribution is 7.14. The van der Waals surface area contributed by atoms with Crippen LogP contribution in [0.25, 0.3) is 22.6 Å². The number of rotatable bonds is 6. The van der Waals surface area contributed by atoms with Crippen LogP contribution in [0.2, 0.25) is 0 Å². The zero-order valence-electron chi connectivity index (χ0n) is 18.9. The molecule has 1 aliphatic rings. The fourth-order valence-electron chi connectivity index (χ4n) is 4.26. The molecule has 4 aromatic rings. The van der Waals surface area contributed by atoms with E-state index in [1.54, 1.807) is 11.4 Å². The molecule has 1 atom stereocenters. The van der Waals surface area contributed by atoms with Gasteiger partial charge in [-0.2, -0.15) is 18.2 Å². The van der Waals surface area contributed by atoms with Crippen LogP contribution in [0.5, 0.6) is 0 Å². The maximum absolute atomic E-state index is 13.3. The van der Waals surface area contributed by atoms with Crippen molar-refractivity contribution in [3.8, 4) is 22.6 Å². The molecular formula is C24H22F3N7OS. The van der Waals surface area contributed by atoms with Gasteiger partial charge in [0.1, 0.15) is 0 Å². The van der Waals surface area contributed by atoms with E-state index in [1.807, 2.05) is 29.2 Å². The van der Waals surface area contributed by atoms with E-state index in [2.05, 4.69) is 20.4 Å². The first kappa shape index (κ1) is 23.8. The molecule has 8 nitrogen and oxygen atoms in total. The van der Waals surface area contributed by atoms with E-state index < -0.39 is 11.7 Å². The summed E-state index contributed by atoms with van der Waals surface area (Å²) in [6.07, 6.45) is -2.05. The lowest BCUT2D eigenvalue weighted by atomic mass is 10.1. The third kappa shape index (κ3) is 5.03. The molecule has 2 aromatic carbocycles. The van der Waals surface area contributed by atoms with E-state index in [1.165, 1.54) is 23.5 Å². The molecule has 0 spiro atoms. The minimum absolute atomic E-state index is 0.0431. The summed E-state index contributed by atoms with van der Waals surface area (Å²) in [6, 6.07) is 12.7. The Kier molecular flexibility index (Phi) is 6.35. The maximum atomic E-state index is 13.3. The molecule has 4 N–H and O–H groups in total. The molecule has 0 aliphatic carbocycles. The normalized spacial score (nSPS) is 15.9. The molecule has 0 saturated carbocycles. The number of thiazole rings is 1. The van der Waals surface area contributed by atoms with Gasteiger partial charge in [-0.3, -0.25) is 5.41 Å². The van der Waals surface area contributed by atoms with Crippen molar-refractivity contribution < 1.29 is 17.7 Å². The van der Waals surface area contributed by atoms with Crippen LogP contribution in [-0.2, 0) is 12.6 Å². The lowest BCUT2D eigenvalue weighted by Gasteiger charge is -2.23. The molecular weight excluding hydrogens is 491 g/mol. The van der Waals surface area contributed by atoms with Gasteiger partial charge in [0.05, 0.1) is 11.3 Å². The SMILES string of the molecule is N=C(N)N1CCC[C@H]1Cc1nc(-c2ccc(Nc3nc(-c4ccccc4C(F)(F)F)cs3)cc2)no1. The number of likely N-dealkylation sites (tertiary alicyclic amines) is 1. The van der Waals surface area contributed by atoms with Gasteiger partial charge in [-0.25, -0.2) is 4.98 Å². The van der Waals surface area contributed by atoms with E-state index in [9.17, 15) is 13.2 Å². The van der Waals surface area contributed by atoms with E-state index in [0.717, 1.165) is 36.7 Å². The highest BCUT2D eigenvalue weighted by Gasteiger charge is 2.34. The predicted molar refractivity (Wildman–Crippen MR) is 131 cm³/mol. The number of guanidine groups is 1. The summed E-state index contributed by atoms with van der Waals surface area (Å²) in [7, 11) is 0. The average molecular weight is 514 g/mol. The van der Waals surface area contributed by atoms with E-state index >= 15 is 0 Å². The number of aromatic nitrogens is 3. The van der Waals surface area contributed by atoms with E-state index in [4.69, 9.17) is 15.7 Å². The Balaban J connectivity index is 1.26. The second kappa shape index (κ2) is 9.61. The van der Waals surface area contributed by atoms with Crippen LogP contribution >= 0.6 is 11.3 Å². The maximum Gasteiger partial charge on any atom is 0.417 e. The number of nitrogens with zero attached hydrogens (tertiary/aromatic N) is 4. The second-order valence-corrected chi connectivity index (χ2v) is 9.23. The molecule has 12 heteroatoms. The van der Waals surface area contributed by atoms with Crippen molar-refractivity contribution in [1.29, 1.82) is 5.41 Å². The minimum Gasteiger partial charge on any atom is -0.370 e. The summed E-state index contributed by atoms with van der Waals surface area (Å²) in [5.74, 6) is 0.987. The largest absolute Gasteiger partial charge is 0.417 e. The number of benzene rings is 2. The first-order chi connectivity index (χ1) is 17.3. The third-order valence-electron chi connectivity index (χ3n) is 5.97. The minimum atomic E-state index is -4.46. The number of hydrogen-bond acceptors (Lipinski definition) is 7. The molecule has 0 bridgehead atoms. The predicted octanol–water partition coefficient (Wildman–Crippen LogP) is 5.52. The smallest absolute Gasteiger partial charge is 0.370 e. The molecule has 1 fully saturated rings. The zero-order chi connectivity index (χ0) is 25.3. The highest BCUT2D eigenvalue weighted by atomic mass is 32.1. The van der Waals surface area contributed by atoms with E-state index in [0.29, 0.717) is 23.3 Å². The Hall–Kier alpha value is -3.93. The van der Waals surface area contributed by atoms with Crippen LogP contribution in [-0.4, -0.2) is 38.6 Å². The standard InChI is InChI=1S/C24H22F3N7OS/c25-24(26,27)18-6-2-1-5-17(18)19-13-36-23(31-19)30-15-9-7-14(8-10-15)21-32-20(35-33-21)12-16-4-3-11-34(16)22(28)29/h1-2,5-10,13,16H,3-4,11-12H2,(H3,28,29)(H,30,31)/t16-/m0/s1. The molecule has 5 rings (SSSR count). The van der Waals surface area contributed by atoms with Gasteiger partial charge in [0, 0.05) is 41.2 Å². The fraction of sp³-hybridized carbons (Fsp3) is 0.250. The summed E-state index contributed by atoms with van der Waals surface area (Å²) in [6.45, 7) is 0.755. The van der Waals surface area contributed by atoms with Gasteiger partial charge in [-0.1, -0.05) is 23.4 Å². The summed E-state index contributed by atoms with van der Waals surface area (Å²) in [5.41, 5.74) is 6.71. The van der Waals surface area contributed by atoms with E-state index in [-0.39, 0.29) is 23.3 Å². The van der Waals surface area contributed by atoms with Crippen molar-refractivity contribution in [3.63, 3.8) is 0 Å². The number of hydrogen-bond donors (Lipinski definition) is 3. The van der Waals surface area contributed by atoms with Crippen molar-refractivity contribution in [3.05, 3.63) is 65.4 Å². The number of nitrogens with one attached hydrogen (secondary N) is 2. The van der Waals surface area contributed by atoms with Crippen LogP contribution in [0.3, 0.4) is 0 Å².